The highest BCUT2D eigenvalue weighted by atomic mass is 16.5. The SMILES string of the molecule is CC(C)C1CC2(CCO1)CC(=O)NC(=O)C2. The van der Waals surface area contributed by atoms with E-state index in [-0.39, 0.29) is 23.3 Å². The van der Waals surface area contributed by atoms with Gasteiger partial charge < -0.3 is 4.74 Å². The van der Waals surface area contributed by atoms with Crippen molar-refractivity contribution in [2.24, 2.45) is 11.3 Å². The summed E-state index contributed by atoms with van der Waals surface area (Å²) >= 11 is 0. The third-order valence-electron chi connectivity index (χ3n) is 3.69. The number of hydrogen-bond donors (Lipinski definition) is 1. The Hall–Kier alpha value is -0.900. The van der Waals surface area contributed by atoms with E-state index in [9.17, 15) is 9.59 Å². The maximum Gasteiger partial charge on any atom is 0.227 e. The first-order chi connectivity index (χ1) is 7.51. The van der Waals surface area contributed by atoms with Crippen LogP contribution in [0.3, 0.4) is 0 Å². The van der Waals surface area contributed by atoms with Crippen LogP contribution in [0.4, 0.5) is 0 Å². The van der Waals surface area contributed by atoms with Gasteiger partial charge in [-0.15, -0.1) is 0 Å². The molecule has 2 amide bonds. The van der Waals surface area contributed by atoms with Crippen molar-refractivity contribution in [1.29, 1.82) is 0 Å². The lowest BCUT2D eigenvalue weighted by Crippen LogP contribution is -2.49. The second-order valence-corrected chi connectivity index (χ2v) is 5.43. The summed E-state index contributed by atoms with van der Waals surface area (Å²) in [6.07, 6.45) is 2.81. The van der Waals surface area contributed by atoms with Crippen LogP contribution in [0, 0.1) is 11.3 Å². The fourth-order valence-corrected chi connectivity index (χ4v) is 2.75. The summed E-state index contributed by atoms with van der Waals surface area (Å²) in [5.74, 6) is 0.193. The lowest BCUT2D eigenvalue weighted by Gasteiger charge is -2.43. The molecule has 2 rings (SSSR count). The zero-order chi connectivity index (χ0) is 11.8. The van der Waals surface area contributed by atoms with Crippen molar-refractivity contribution in [2.75, 3.05) is 6.61 Å². The van der Waals surface area contributed by atoms with Crippen LogP contribution >= 0.6 is 0 Å². The van der Waals surface area contributed by atoms with E-state index in [0.29, 0.717) is 25.4 Å². The summed E-state index contributed by atoms with van der Waals surface area (Å²) in [5.41, 5.74) is -0.132. The van der Waals surface area contributed by atoms with Crippen LogP contribution in [0.2, 0.25) is 0 Å². The van der Waals surface area contributed by atoms with E-state index in [0.717, 1.165) is 12.8 Å². The summed E-state index contributed by atoms with van der Waals surface area (Å²) in [6.45, 7) is 4.91. The van der Waals surface area contributed by atoms with Crippen molar-refractivity contribution in [3.8, 4) is 0 Å². The second kappa shape index (κ2) is 4.17. The van der Waals surface area contributed by atoms with E-state index in [1.54, 1.807) is 0 Å². The summed E-state index contributed by atoms with van der Waals surface area (Å²) < 4.78 is 5.69. The largest absolute Gasteiger partial charge is 0.378 e. The van der Waals surface area contributed by atoms with E-state index in [1.807, 2.05) is 0 Å². The lowest BCUT2D eigenvalue weighted by atomic mass is 9.69. The molecule has 0 aromatic heterocycles. The first-order valence-corrected chi connectivity index (χ1v) is 5.95. The Morgan fingerprint density at radius 3 is 2.50 bits per heavy atom. The molecule has 0 saturated carbocycles. The van der Waals surface area contributed by atoms with Gasteiger partial charge in [0, 0.05) is 19.4 Å². The van der Waals surface area contributed by atoms with Crippen molar-refractivity contribution in [2.45, 2.75) is 45.6 Å². The smallest absolute Gasteiger partial charge is 0.227 e. The summed E-state index contributed by atoms with van der Waals surface area (Å²) in [5, 5.41) is 2.38. The van der Waals surface area contributed by atoms with Gasteiger partial charge in [-0.1, -0.05) is 13.8 Å². The normalized spacial score (nSPS) is 29.6. The van der Waals surface area contributed by atoms with Crippen LogP contribution in [0.1, 0.15) is 39.5 Å². The first-order valence-electron chi connectivity index (χ1n) is 5.95. The number of carbonyl (C=O) groups excluding carboxylic acids is 2. The van der Waals surface area contributed by atoms with Crippen molar-refractivity contribution >= 4 is 11.8 Å². The van der Waals surface area contributed by atoms with Gasteiger partial charge in [0.1, 0.15) is 0 Å². The Labute approximate surface area is 95.7 Å². The minimum absolute atomic E-state index is 0.124. The number of hydrogen-bond acceptors (Lipinski definition) is 3. The molecule has 90 valence electrons. The van der Waals surface area contributed by atoms with Gasteiger partial charge in [-0.2, -0.15) is 0 Å². The highest BCUT2D eigenvalue weighted by Gasteiger charge is 2.44. The molecule has 1 spiro atoms. The van der Waals surface area contributed by atoms with Crippen LogP contribution in [-0.4, -0.2) is 24.5 Å². The Morgan fingerprint density at radius 1 is 1.31 bits per heavy atom. The van der Waals surface area contributed by atoms with Gasteiger partial charge in [-0.3, -0.25) is 14.9 Å². The van der Waals surface area contributed by atoms with E-state index < -0.39 is 0 Å². The summed E-state index contributed by atoms with van der Waals surface area (Å²) in [4.78, 5) is 22.9. The van der Waals surface area contributed by atoms with Gasteiger partial charge in [0.15, 0.2) is 0 Å². The van der Waals surface area contributed by atoms with Gasteiger partial charge in [0.2, 0.25) is 11.8 Å². The molecule has 0 aromatic carbocycles. The quantitative estimate of drug-likeness (QED) is 0.683. The molecule has 2 saturated heterocycles. The third-order valence-corrected chi connectivity index (χ3v) is 3.69. The molecule has 1 atom stereocenters. The maximum absolute atomic E-state index is 11.5. The van der Waals surface area contributed by atoms with Crippen LogP contribution in [0.25, 0.3) is 0 Å². The molecule has 2 aliphatic heterocycles. The number of amides is 2. The van der Waals surface area contributed by atoms with Gasteiger partial charge in [0.05, 0.1) is 6.10 Å². The van der Waals surface area contributed by atoms with E-state index in [2.05, 4.69) is 19.2 Å². The molecule has 2 heterocycles. The van der Waals surface area contributed by atoms with Gasteiger partial charge in [-0.05, 0) is 24.2 Å². The number of ether oxygens (including phenoxy) is 1. The number of imide groups is 1. The Morgan fingerprint density at radius 2 is 1.94 bits per heavy atom. The van der Waals surface area contributed by atoms with E-state index >= 15 is 0 Å². The highest BCUT2D eigenvalue weighted by molar-refractivity contribution is 5.98. The lowest BCUT2D eigenvalue weighted by molar-refractivity contribution is -0.145. The predicted molar refractivity (Wildman–Crippen MR) is 58.6 cm³/mol. The minimum Gasteiger partial charge on any atom is -0.378 e. The number of nitrogens with one attached hydrogen (secondary N) is 1. The van der Waals surface area contributed by atoms with Crippen LogP contribution in [0.15, 0.2) is 0 Å². The molecule has 0 radical (unpaired) electrons. The molecular weight excluding hydrogens is 206 g/mol. The fourth-order valence-electron chi connectivity index (χ4n) is 2.75. The monoisotopic (exact) mass is 225 g/mol. The predicted octanol–water partition coefficient (Wildman–Crippen LogP) is 1.24. The molecule has 2 aliphatic rings. The first kappa shape index (κ1) is 11.6. The molecular formula is C12H19NO3. The number of rotatable bonds is 1. The van der Waals surface area contributed by atoms with Gasteiger partial charge in [0.25, 0.3) is 0 Å². The molecule has 2 fully saturated rings. The topological polar surface area (TPSA) is 55.4 Å². The Bertz CT molecular complexity index is 295. The zero-order valence-electron chi connectivity index (χ0n) is 9.91. The molecule has 16 heavy (non-hydrogen) atoms. The molecule has 4 heteroatoms. The summed E-state index contributed by atoms with van der Waals surface area (Å²) in [6, 6.07) is 0. The molecule has 4 nitrogen and oxygen atoms in total. The third kappa shape index (κ3) is 2.26. The molecule has 0 aliphatic carbocycles. The maximum atomic E-state index is 11.5. The Kier molecular flexibility index (Phi) is 3.02. The van der Waals surface area contributed by atoms with E-state index in [1.165, 1.54) is 0 Å². The van der Waals surface area contributed by atoms with Crippen LogP contribution < -0.4 is 5.32 Å². The van der Waals surface area contributed by atoms with Gasteiger partial charge in [-0.25, -0.2) is 0 Å². The molecule has 1 unspecified atom stereocenters. The average Bonchev–Trinajstić information content (AvgIpc) is 2.15. The molecule has 0 bridgehead atoms. The highest BCUT2D eigenvalue weighted by Crippen LogP contribution is 2.43. The molecule has 1 N–H and O–H groups in total. The van der Waals surface area contributed by atoms with Crippen molar-refractivity contribution in [3.05, 3.63) is 0 Å². The minimum atomic E-state index is -0.132. The van der Waals surface area contributed by atoms with Crippen LogP contribution in [0.5, 0.6) is 0 Å². The van der Waals surface area contributed by atoms with Crippen molar-refractivity contribution in [1.82, 2.24) is 5.32 Å². The second-order valence-electron chi connectivity index (χ2n) is 5.43. The number of piperidine rings is 1. The number of carbonyl (C=O) groups is 2. The van der Waals surface area contributed by atoms with Crippen LogP contribution in [-0.2, 0) is 14.3 Å². The van der Waals surface area contributed by atoms with Crippen molar-refractivity contribution in [3.63, 3.8) is 0 Å². The van der Waals surface area contributed by atoms with Crippen molar-refractivity contribution < 1.29 is 14.3 Å². The van der Waals surface area contributed by atoms with Gasteiger partial charge >= 0.3 is 0 Å². The standard InChI is InChI=1S/C12H19NO3/c1-8(2)9-5-12(3-4-16-9)6-10(14)13-11(15)7-12/h8-9H,3-7H2,1-2H3,(H,13,14,15). The fraction of sp³-hybridized carbons (Fsp3) is 0.833. The average molecular weight is 225 g/mol. The van der Waals surface area contributed by atoms with E-state index in [4.69, 9.17) is 4.74 Å². The zero-order valence-corrected chi connectivity index (χ0v) is 9.91. The molecule has 0 aromatic rings. The Balaban J connectivity index is 2.11. The summed E-state index contributed by atoms with van der Waals surface area (Å²) in [7, 11) is 0.